The van der Waals surface area contributed by atoms with E-state index in [9.17, 15) is 0 Å². The first-order valence-electron chi connectivity index (χ1n) is 7.93. The number of rotatable bonds is 14. The Labute approximate surface area is 120 Å². The van der Waals surface area contributed by atoms with Gasteiger partial charge in [0.15, 0.2) is 0 Å². The predicted molar refractivity (Wildman–Crippen MR) is 84.7 cm³/mol. The molecule has 0 spiro atoms. The zero-order valence-corrected chi connectivity index (χ0v) is 14.2. The summed E-state index contributed by atoms with van der Waals surface area (Å²) in [6, 6.07) is 2.15. The molecule has 0 saturated carbocycles. The van der Waals surface area contributed by atoms with Gasteiger partial charge in [0.1, 0.15) is 0 Å². The number of hydrogen-bond acceptors (Lipinski definition) is 4. The van der Waals surface area contributed by atoms with Crippen LogP contribution in [0.3, 0.4) is 0 Å². The molecule has 0 rings (SSSR count). The summed E-state index contributed by atoms with van der Waals surface area (Å²) in [7, 11) is -1.99. The average molecular weight is 291 g/mol. The molecule has 0 radical (unpaired) electrons. The van der Waals surface area contributed by atoms with E-state index < -0.39 is 8.56 Å². The van der Waals surface area contributed by atoms with Gasteiger partial charge in [0.25, 0.3) is 0 Å². The molecule has 0 aromatic rings. The van der Waals surface area contributed by atoms with E-state index in [1.54, 1.807) is 0 Å². The summed E-state index contributed by atoms with van der Waals surface area (Å²) in [5, 5.41) is 3.45. The van der Waals surface area contributed by atoms with Gasteiger partial charge in [-0.1, -0.05) is 27.2 Å². The first-order chi connectivity index (χ1) is 9.24. The van der Waals surface area contributed by atoms with Gasteiger partial charge in [-0.3, -0.25) is 0 Å². The Balaban J connectivity index is 4.23. The van der Waals surface area contributed by atoms with Gasteiger partial charge in [0.2, 0.25) is 0 Å². The fourth-order valence-electron chi connectivity index (χ4n) is 2.04. The van der Waals surface area contributed by atoms with Gasteiger partial charge in [-0.05, 0) is 44.9 Å². The molecule has 0 saturated heterocycles. The predicted octanol–water partition coefficient (Wildman–Crippen LogP) is 2.63. The zero-order valence-electron chi connectivity index (χ0n) is 13.2. The van der Waals surface area contributed by atoms with Crippen LogP contribution in [0.1, 0.15) is 46.5 Å². The Morgan fingerprint density at radius 3 is 2.00 bits per heavy atom. The van der Waals surface area contributed by atoms with Crippen molar-refractivity contribution in [2.45, 2.75) is 58.5 Å². The van der Waals surface area contributed by atoms with Crippen LogP contribution in [0.25, 0.3) is 0 Å². The molecule has 0 atom stereocenters. The highest BCUT2D eigenvalue weighted by Crippen LogP contribution is 2.21. The normalized spacial score (nSPS) is 12.0. The van der Waals surface area contributed by atoms with Crippen molar-refractivity contribution in [3.05, 3.63) is 0 Å². The van der Waals surface area contributed by atoms with Crippen molar-refractivity contribution in [1.82, 2.24) is 5.32 Å². The highest BCUT2D eigenvalue weighted by atomic mass is 28.4. The number of nitrogens with one attached hydrogen (secondary N) is 1. The van der Waals surface area contributed by atoms with Crippen LogP contribution in [0.2, 0.25) is 12.1 Å². The topological polar surface area (TPSA) is 56.5 Å². The Morgan fingerprint density at radius 2 is 1.53 bits per heavy atom. The Kier molecular flexibility index (Phi) is 13.1. The van der Waals surface area contributed by atoms with Crippen LogP contribution in [0.4, 0.5) is 0 Å². The van der Waals surface area contributed by atoms with E-state index in [0.717, 1.165) is 70.6 Å². The number of hydrogen-bond donors (Lipinski definition) is 2. The first kappa shape index (κ1) is 19.1. The summed E-state index contributed by atoms with van der Waals surface area (Å²) in [5.41, 5.74) is 5.49. The summed E-state index contributed by atoms with van der Waals surface area (Å²) >= 11 is 0. The average Bonchev–Trinajstić information content (AvgIpc) is 2.43. The molecule has 0 aliphatic carbocycles. The molecule has 4 nitrogen and oxygen atoms in total. The maximum absolute atomic E-state index is 6.18. The summed E-state index contributed by atoms with van der Waals surface area (Å²) in [6.45, 7) is 10.9. The quantitative estimate of drug-likeness (QED) is 0.381. The molecule has 0 aliphatic rings. The summed E-state index contributed by atoms with van der Waals surface area (Å²) < 4.78 is 12.4. The Morgan fingerprint density at radius 1 is 0.895 bits per heavy atom. The molecule has 0 amide bonds. The maximum atomic E-state index is 6.18. The van der Waals surface area contributed by atoms with E-state index in [1.807, 2.05) is 0 Å². The molecule has 19 heavy (non-hydrogen) atoms. The molecule has 0 aliphatic heterocycles. The molecule has 0 bridgehead atoms. The van der Waals surface area contributed by atoms with Crippen LogP contribution >= 0.6 is 0 Å². The summed E-state index contributed by atoms with van der Waals surface area (Å²) in [6.07, 6.45) is 4.31. The van der Waals surface area contributed by atoms with Gasteiger partial charge >= 0.3 is 8.56 Å². The highest BCUT2D eigenvalue weighted by Gasteiger charge is 2.35. The van der Waals surface area contributed by atoms with E-state index in [-0.39, 0.29) is 0 Å². The monoisotopic (exact) mass is 290 g/mol. The Bertz CT molecular complexity index is 186. The van der Waals surface area contributed by atoms with Crippen molar-refractivity contribution < 1.29 is 8.85 Å². The van der Waals surface area contributed by atoms with Gasteiger partial charge in [0, 0.05) is 19.3 Å². The lowest BCUT2D eigenvalue weighted by molar-refractivity contribution is 0.166. The second kappa shape index (κ2) is 13.1. The van der Waals surface area contributed by atoms with Gasteiger partial charge in [-0.2, -0.15) is 0 Å². The van der Waals surface area contributed by atoms with Crippen LogP contribution < -0.4 is 11.1 Å². The van der Waals surface area contributed by atoms with E-state index >= 15 is 0 Å². The molecule has 0 fully saturated rings. The van der Waals surface area contributed by atoms with E-state index in [2.05, 4.69) is 26.1 Å². The molecule has 5 heteroatoms. The van der Waals surface area contributed by atoms with E-state index in [0.29, 0.717) is 0 Å². The van der Waals surface area contributed by atoms with Gasteiger partial charge in [0.05, 0.1) is 0 Å². The van der Waals surface area contributed by atoms with Gasteiger partial charge in [-0.15, -0.1) is 0 Å². The minimum atomic E-state index is -1.99. The van der Waals surface area contributed by atoms with Gasteiger partial charge < -0.3 is 19.9 Å². The molecular weight excluding hydrogens is 256 g/mol. The van der Waals surface area contributed by atoms with Crippen LogP contribution in [0.5, 0.6) is 0 Å². The Hall–Kier alpha value is 0.0569. The third-order valence-corrected chi connectivity index (χ3v) is 6.74. The zero-order chi connectivity index (χ0) is 14.4. The molecule has 0 aromatic heterocycles. The van der Waals surface area contributed by atoms with Crippen molar-refractivity contribution in [2.24, 2.45) is 5.73 Å². The smallest absolute Gasteiger partial charge is 0.339 e. The summed E-state index contributed by atoms with van der Waals surface area (Å²) in [5.74, 6) is 0. The third kappa shape index (κ3) is 9.57. The molecule has 0 heterocycles. The van der Waals surface area contributed by atoms with Crippen molar-refractivity contribution in [3.8, 4) is 0 Å². The molecule has 3 N–H and O–H groups in total. The largest absolute Gasteiger partial charge is 0.394 e. The second-order valence-electron chi connectivity index (χ2n) is 5.00. The standard InChI is InChI=1S/C14H34N2O2Si/c1-4-11-17-19(13-6-3,18-12-5-2)14-10-16-9-7-8-15/h16H,4-15H2,1-3H3. The third-order valence-electron chi connectivity index (χ3n) is 3.01. The van der Waals surface area contributed by atoms with Crippen LogP contribution in [0.15, 0.2) is 0 Å². The van der Waals surface area contributed by atoms with Crippen LogP contribution in [-0.2, 0) is 8.85 Å². The lowest BCUT2D eigenvalue weighted by Crippen LogP contribution is -2.45. The highest BCUT2D eigenvalue weighted by molar-refractivity contribution is 6.67. The lowest BCUT2D eigenvalue weighted by atomic mass is 10.4. The van der Waals surface area contributed by atoms with Crippen molar-refractivity contribution in [3.63, 3.8) is 0 Å². The van der Waals surface area contributed by atoms with Crippen molar-refractivity contribution in [1.29, 1.82) is 0 Å². The molecule has 0 unspecified atom stereocenters. The van der Waals surface area contributed by atoms with E-state index in [4.69, 9.17) is 14.6 Å². The minimum Gasteiger partial charge on any atom is -0.394 e. The van der Waals surface area contributed by atoms with Crippen LogP contribution in [-0.4, -0.2) is 41.4 Å². The molecule has 116 valence electrons. The van der Waals surface area contributed by atoms with Gasteiger partial charge in [-0.25, -0.2) is 0 Å². The maximum Gasteiger partial charge on any atom is 0.339 e. The van der Waals surface area contributed by atoms with Crippen molar-refractivity contribution >= 4 is 8.56 Å². The molecular formula is C14H34N2O2Si. The fraction of sp³-hybridized carbons (Fsp3) is 1.00. The van der Waals surface area contributed by atoms with E-state index in [1.165, 1.54) is 0 Å². The van der Waals surface area contributed by atoms with Crippen molar-refractivity contribution in [2.75, 3.05) is 32.8 Å². The van der Waals surface area contributed by atoms with Crippen LogP contribution in [0, 0.1) is 0 Å². The lowest BCUT2D eigenvalue weighted by Gasteiger charge is -2.30. The second-order valence-corrected chi connectivity index (χ2v) is 8.40. The fourth-order valence-corrected chi connectivity index (χ4v) is 5.43. The first-order valence-corrected chi connectivity index (χ1v) is 10.2. The molecule has 0 aromatic carbocycles. The minimum absolute atomic E-state index is 0.753. The number of nitrogens with two attached hydrogens (primary N) is 1. The summed E-state index contributed by atoms with van der Waals surface area (Å²) in [4.78, 5) is 0. The SMILES string of the molecule is CCCO[Si](CCC)(CCNCCCN)OCCC.